The van der Waals surface area contributed by atoms with E-state index >= 15 is 0 Å². The Labute approximate surface area is 535 Å². The van der Waals surface area contributed by atoms with Gasteiger partial charge in [-0.15, -0.1) is 0 Å². The number of amides is 4. The fourth-order valence-corrected chi connectivity index (χ4v) is 11.8. The van der Waals surface area contributed by atoms with E-state index in [0.29, 0.717) is 93.6 Å². The molecule has 26 heteroatoms. The molecule has 0 bridgehead atoms. The molecule has 2 saturated carbocycles. The lowest BCUT2D eigenvalue weighted by Gasteiger charge is -2.36. The molecular weight excluding hydrogens is 1220 g/mol. The summed E-state index contributed by atoms with van der Waals surface area (Å²) in [7, 11) is -0.407. The zero-order valence-electron chi connectivity index (χ0n) is 54.0. The molecule has 0 spiro atoms. The number of rotatable bonds is 12. The lowest BCUT2D eigenvalue weighted by Crippen LogP contribution is -2.50. The van der Waals surface area contributed by atoms with Crippen molar-refractivity contribution in [2.45, 2.75) is 168 Å². The summed E-state index contributed by atoms with van der Waals surface area (Å²) in [6, 6.07) is 12.8. The minimum absolute atomic E-state index is 0.0627. The summed E-state index contributed by atoms with van der Waals surface area (Å²) in [6.07, 6.45) is 12.2. The average molecular weight is 1300 g/mol. The molecular formula is C64H86BBrN14O10. The monoisotopic (exact) mass is 1300 g/mol. The van der Waals surface area contributed by atoms with E-state index < -0.39 is 18.3 Å². The van der Waals surface area contributed by atoms with Crippen molar-refractivity contribution in [1.82, 2.24) is 59.5 Å². The third-order valence-electron chi connectivity index (χ3n) is 17.7. The maximum atomic E-state index is 12.4. The number of carbonyl (C=O) groups excluding carboxylic acids is 4. The maximum absolute atomic E-state index is 12.4. The highest BCUT2D eigenvalue weighted by atomic mass is 79.9. The first-order valence-electron chi connectivity index (χ1n) is 31.7. The van der Waals surface area contributed by atoms with Crippen LogP contribution in [0.5, 0.6) is 11.8 Å². The van der Waals surface area contributed by atoms with Gasteiger partial charge < -0.3 is 67.6 Å². The van der Waals surface area contributed by atoms with Gasteiger partial charge in [0, 0.05) is 126 Å². The third kappa shape index (κ3) is 15.2. The summed E-state index contributed by atoms with van der Waals surface area (Å²) >= 11 is 3.42. The van der Waals surface area contributed by atoms with E-state index in [2.05, 4.69) is 65.4 Å². The van der Waals surface area contributed by atoms with Crippen molar-refractivity contribution < 1.29 is 47.4 Å². The molecule has 7 fully saturated rings. The molecule has 5 aliphatic heterocycles. The Hall–Kier alpha value is -7.32. The van der Waals surface area contributed by atoms with Gasteiger partial charge in [-0.05, 0) is 155 Å². The van der Waals surface area contributed by atoms with E-state index in [0.717, 1.165) is 76.4 Å². The third-order valence-corrected chi connectivity index (χ3v) is 18.1. The molecule has 7 aliphatic rings. The Balaban J connectivity index is 0.000000146. The van der Waals surface area contributed by atoms with Crippen molar-refractivity contribution in [2.24, 2.45) is 11.8 Å². The van der Waals surface area contributed by atoms with E-state index in [-0.39, 0.29) is 59.2 Å². The second-order valence-electron chi connectivity index (χ2n) is 27.6. The van der Waals surface area contributed by atoms with E-state index in [4.69, 9.17) is 38.2 Å². The van der Waals surface area contributed by atoms with Gasteiger partial charge in [0.15, 0.2) is 0 Å². The summed E-state index contributed by atoms with van der Waals surface area (Å²) in [6.45, 7) is 29.9. The first-order chi connectivity index (χ1) is 42.6. The van der Waals surface area contributed by atoms with Crippen LogP contribution in [0, 0.1) is 11.8 Å². The Bertz CT molecular complexity index is 3550. The molecule has 5 saturated heterocycles. The number of anilines is 2. The van der Waals surface area contributed by atoms with Crippen LogP contribution in [0.1, 0.15) is 134 Å². The van der Waals surface area contributed by atoms with Crippen LogP contribution in [0.15, 0.2) is 66.0 Å². The highest BCUT2D eigenvalue weighted by Gasteiger charge is 2.52. The lowest BCUT2D eigenvalue weighted by molar-refractivity contribution is -0.120. The molecule has 482 valence electrons. The molecule has 0 unspecified atom stereocenters. The Morgan fingerprint density at radius 2 is 1.07 bits per heavy atom. The van der Waals surface area contributed by atoms with E-state index in [1.54, 1.807) is 9.80 Å². The molecule has 13 rings (SSSR count). The van der Waals surface area contributed by atoms with Gasteiger partial charge in [-0.3, -0.25) is 9.59 Å². The second kappa shape index (κ2) is 25.8. The van der Waals surface area contributed by atoms with Gasteiger partial charge >= 0.3 is 19.3 Å². The number of imidazole rings is 2. The number of nitrogens with zero attached hydrogens (tertiary/aromatic N) is 12. The van der Waals surface area contributed by atoms with Gasteiger partial charge in [-0.1, -0.05) is 6.07 Å². The van der Waals surface area contributed by atoms with Crippen molar-refractivity contribution in [3.05, 3.63) is 66.0 Å². The van der Waals surface area contributed by atoms with Crippen LogP contribution in [0.25, 0.3) is 33.3 Å². The molecule has 2 N–H and O–H groups in total. The summed E-state index contributed by atoms with van der Waals surface area (Å²) in [4.78, 5) is 83.5. The number of ether oxygens (including phenoxy) is 4. The zero-order valence-corrected chi connectivity index (χ0v) is 55.5. The smallest absolute Gasteiger partial charge is 0.473 e. The zero-order chi connectivity index (χ0) is 64.0. The van der Waals surface area contributed by atoms with Crippen LogP contribution in [0.4, 0.5) is 21.2 Å². The minimum atomic E-state index is -0.506. The van der Waals surface area contributed by atoms with Crippen molar-refractivity contribution in [1.29, 1.82) is 0 Å². The van der Waals surface area contributed by atoms with Gasteiger partial charge in [-0.25, -0.2) is 39.5 Å². The number of carbonyl (C=O) groups is 4. The minimum Gasteiger partial charge on any atom is -0.473 e. The average Bonchev–Trinajstić information content (AvgIpc) is 1.65. The highest BCUT2D eigenvalue weighted by molar-refractivity contribution is 9.10. The number of hydrogen-bond donors (Lipinski definition) is 2. The van der Waals surface area contributed by atoms with E-state index in [9.17, 15) is 19.2 Å². The van der Waals surface area contributed by atoms with E-state index in [1.165, 1.54) is 12.8 Å². The number of hydrogen-bond acceptors (Lipinski definition) is 18. The van der Waals surface area contributed by atoms with Gasteiger partial charge in [0.25, 0.3) is 0 Å². The Kier molecular flexibility index (Phi) is 18.4. The number of piperazine rings is 2. The van der Waals surface area contributed by atoms with Crippen LogP contribution in [-0.2, 0) is 28.4 Å². The molecule has 6 aromatic rings. The molecule has 90 heavy (non-hydrogen) atoms. The molecule has 11 heterocycles. The molecule has 4 amide bonds. The van der Waals surface area contributed by atoms with Crippen LogP contribution in [-0.4, -0.2) is 180 Å². The van der Waals surface area contributed by atoms with Crippen molar-refractivity contribution in [3.63, 3.8) is 0 Å². The molecule has 2 aliphatic carbocycles. The normalized spacial score (nSPS) is 21.5. The number of nitrogens with one attached hydrogen (secondary N) is 2. The molecule has 0 radical (unpaired) electrons. The van der Waals surface area contributed by atoms with Crippen LogP contribution in [0.3, 0.4) is 0 Å². The summed E-state index contributed by atoms with van der Waals surface area (Å²) < 4.78 is 40.7. The first kappa shape index (κ1) is 64.2. The number of fused-ring (bicyclic) bond motifs is 2. The summed E-state index contributed by atoms with van der Waals surface area (Å²) in [5, 5.41) is 5.75. The lowest BCUT2D eigenvalue weighted by atomic mass is 9.80. The number of aromatic nitrogens is 8. The van der Waals surface area contributed by atoms with Crippen molar-refractivity contribution in [2.75, 3.05) is 75.2 Å². The number of pyridine rings is 4. The van der Waals surface area contributed by atoms with Crippen LogP contribution < -0.4 is 35.4 Å². The molecule has 4 atom stereocenters. The molecule has 24 nitrogen and oxygen atoms in total. The largest absolute Gasteiger partial charge is 0.496 e. The second-order valence-corrected chi connectivity index (χ2v) is 28.4. The van der Waals surface area contributed by atoms with Crippen LogP contribution >= 0.6 is 15.9 Å². The summed E-state index contributed by atoms with van der Waals surface area (Å²) in [5.74, 6) is 3.33. The summed E-state index contributed by atoms with van der Waals surface area (Å²) in [5.41, 5.74) is 4.39. The Morgan fingerprint density at radius 1 is 0.622 bits per heavy atom. The molecule has 6 aromatic heterocycles. The van der Waals surface area contributed by atoms with E-state index in [1.807, 2.05) is 145 Å². The first-order valence-corrected chi connectivity index (χ1v) is 32.4. The quantitative estimate of drug-likeness (QED) is 0.0859. The van der Waals surface area contributed by atoms with Gasteiger partial charge in [0.05, 0.1) is 40.6 Å². The standard InChI is InChI=1S/C29H37N7O4.C20H32BN3O4.C15H17BrN4O2/c1-18(20-13-25(37)31-16-20)39-27-26-23(32-17-36(26)21-6-7-21)14-22(33-27)19-5-8-24(30-15-19)34-9-11-35(12-10-34)28(38)40-29(2,3)4;1-18(2,3)26-17(25)24-12-10-23(11-13-24)16-9-8-15(14-22-16)21-27-19(4,5)20(6,7)28-21;1-8(9-4-13(21)17-6-9)22-15-14-11(5-12(16)19-15)18-7-20(14)10-2-3-10/h5,8,14-15,17-18,20-21H,6-7,9-13,16H2,1-4H3,(H,31,37);8-9,14H,10-13H2,1-7H3;5,7-10H,2-4,6H2,1H3,(H,17,21)/t18-,20-;;8-,9-/m1.1/s1. The van der Waals surface area contributed by atoms with Gasteiger partial charge in [0.2, 0.25) is 23.6 Å². The topological polar surface area (TPSA) is 248 Å². The van der Waals surface area contributed by atoms with Gasteiger partial charge in [-0.2, -0.15) is 0 Å². The maximum Gasteiger partial charge on any atom is 0.496 e. The fourth-order valence-electron chi connectivity index (χ4n) is 11.4. The predicted molar refractivity (Wildman–Crippen MR) is 345 cm³/mol. The van der Waals surface area contributed by atoms with Crippen molar-refractivity contribution in [3.8, 4) is 23.0 Å². The van der Waals surface area contributed by atoms with Crippen molar-refractivity contribution >= 4 is 86.2 Å². The molecule has 0 aromatic carbocycles. The predicted octanol–water partition coefficient (Wildman–Crippen LogP) is 8.66. The highest BCUT2D eigenvalue weighted by Crippen LogP contribution is 2.42. The van der Waals surface area contributed by atoms with Gasteiger partial charge in [0.1, 0.15) is 50.7 Å². The SMILES string of the molecule is CC(C)(C)OC(=O)N1CCN(c2ccc(B3OC(C)(C)C(C)(C)O3)cn2)CC1.C[C@@H](Oc1nc(-c2ccc(N3CCN(C(=O)OC(C)(C)C)CC3)nc2)cc2ncn(C3CC3)c12)[C@H]1CNC(=O)C1.C[C@@H](Oc1nc(Br)cc2ncn(C3CC3)c12)[C@H]1CNC(=O)C1. The number of halogens is 1. The fraction of sp³-hybridized carbons (Fsp3) is 0.594. The van der Waals surface area contributed by atoms with Crippen LogP contribution in [0.2, 0.25) is 0 Å². The Morgan fingerprint density at radius 3 is 1.47 bits per heavy atom.